The zero-order valence-corrected chi connectivity index (χ0v) is 14.4. The van der Waals surface area contributed by atoms with Crippen LogP contribution in [0.25, 0.3) is 0 Å². The molecular formula is C14H19ClO9. The summed E-state index contributed by atoms with van der Waals surface area (Å²) in [5, 5.41) is 0. The van der Waals surface area contributed by atoms with Gasteiger partial charge in [0.05, 0.1) is 0 Å². The van der Waals surface area contributed by atoms with Crippen LogP contribution in [0, 0.1) is 0 Å². The Morgan fingerprint density at radius 3 is 1.71 bits per heavy atom. The molecule has 10 heteroatoms. The van der Waals surface area contributed by atoms with Crippen LogP contribution in [-0.2, 0) is 42.9 Å². The van der Waals surface area contributed by atoms with Crippen molar-refractivity contribution in [3.8, 4) is 0 Å². The molecule has 0 bridgehead atoms. The number of halogens is 1. The molecule has 0 amide bonds. The van der Waals surface area contributed by atoms with Crippen molar-refractivity contribution < 1.29 is 42.9 Å². The smallest absolute Gasteiger partial charge is 0.303 e. The predicted molar refractivity (Wildman–Crippen MR) is 77.8 cm³/mol. The summed E-state index contributed by atoms with van der Waals surface area (Å²) in [6.45, 7) is 4.31. The number of ether oxygens (including phenoxy) is 5. The second-order valence-electron chi connectivity index (χ2n) is 5.05. The lowest BCUT2D eigenvalue weighted by Gasteiger charge is -2.42. The van der Waals surface area contributed by atoms with E-state index in [1.54, 1.807) is 0 Å². The highest BCUT2D eigenvalue weighted by atomic mass is 35.5. The number of esters is 4. The van der Waals surface area contributed by atoms with Gasteiger partial charge in [0.2, 0.25) is 0 Å². The Morgan fingerprint density at radius 1 is 0.792 bits per heavy atom. The van der Waals surface area contributed by atoms with E-state index in [-0.39, 0.29) is 6.61 Å². The Kier molecular flexibility index (Phi) is 7.43. The Bertz CT molecular complexity index is 506. The fraction of sp³-hybridized carbons (Fsp3) is 0.714. The summed E-state index contributed by atoms with van der Waals surface area (Å²) >= 11 is 6.05. The van der Waals surface area contributed by atoms with Gasteiger partial charge in [0.15, 0.2) is 23.9 Å². The molecule has 0 aromatic carbocycles. The third-order valence-corrected chi connectivity index (χ3v) is 3.29. The summed E-state index contributed by atoms with van der Waals surface area (Å²) in [7, 11) is 0. The number of hydrogen-bond acceptors (Lipinski definition) is 9. The van der Waals surface area contributed by atoms with Crippen molar-refractivity contribution in [2.75, 3.05) is 6.61 Å². The molecule has 0 spiro atoms. The lowest BCUT2D eigenvalue weighted by Crippen LogP contribution is -2.61. The first-order valence-electron chi connectivity index (χ1n) is 7.06. The van der Waals surface area contributed by atoms with Crippen LogP contribution in [-0.4, -0.2) is 60.5 Å². The Hall–Kier alpha value is -1.87. The molecule has 9 nitrogen and oxygen atoms in total. The third-order valence-electron chi connectivity index (χ3n) is 2.93. The first-order valence-corrected chi connectivity index (χ1v) is 7.50. The fourth-order valence-corrected chi connectivity index (χ4v) is 2.50. The van der Waals surface area contributed by atoms with Gasteiger partial charge in [-0.15, -0.1) is 0 Å². The molecule has 1 aliphatic rings. The summed E-state index contributed by atoms with van der Waals surface area (Å²) in [5.74, 6) is -2.67. The van der Waals surface area contributed by atoms with Gasteiger partial charge >= 0.3 is 23.9 Å². The normalized spacial score (nSPS) is 29.3. The first kappa shape index (κ1) is 20.2. The topological polar surface area (TPSA) is 114 Å². The number of alkyl halides is 1. The van der Waals surface area contributed by atoms with E-state index in [4.69, 9.17) is 35.3 Å². The highest BCUT2D eigenvalue weighted by Crippen LogP contribution is 2.30. The Balaban J connectivity index is 3.11. The zero-order chi connectivity index (χ0) is 18.4. The van der Waals surface area contributed by atoms with Gasteiger partial charge in [0, 0.05) is 27.7 Å². The van der Waals surface area contributed by atoms with Crippen LogP contribution in [0.2, 0.25) is 0 Å². The van der Waals surface area contributed by atoms with Crippen molar-refractivity contribution >= 4 is 35.5 Å². The molecule has 0 aromatic rings. The molecule has 24 heavy (non-hydrogen) atoms. The van der Waals surface area contributed by atoms with Crippen LogP contribution in [0.1, 0.15) is 27.7 Å². The Labute approximate surface area is 143 Å². The van der Waals surface area contributed by atoms with E-state index in [1.807, 2.05) is 0 Å². The average Bonchev–Trinajstić information content (AvgIpc) is 2.42. The van der Waals surface area contributed by atoms with Crippen molar-refractivity contribution in [1.29, 1.82) is 0 Å². The van der Waals surface area contributed by atoms with Gasteiger partial charge in [-0.3, -0.25) is 19.2 Å². The van der Waals surface area contributed by atoms with Gasteiger partial charge in [-0.05, 0) is 0 Å². The monoisotopic (exact) mass is 366 g/mol. The zero-order valence-electron chi connectivity index (χ0n) is 13.6. The van der Waals surface area contributed by atoms with Crippen molar-refractivity contribution in [2.24, 2.45) is 0 Å². The number of hydrogen-bond donors (Lipinski definition) is 0. The molecule has 0 aliphatic carbocycles. The summed E-state index contributed by atoms with van der Waals surface area (Å²) < 4.78 is 25.6. The standard InChI is InChI=1S/C14H19ClO9/c1-6(16)20-5-10-11(21-7(2)17)12(22-8(3)18)13(14(15)24-10)23-9(4)19/h10-14H,5H2,1-4H3/t10?,11-,12-,13?,14+/m0/s1. The maximum Gasteiger partial charge on any atom is 0.303 e. The van der Waals surface area contributed by atoms with Crippen molar-refractivity contribution in [3.05, 3.63) is 0 Å². The van der Waals surface area contributed by atoms with E-state index in [9.17, 15) is 19.2 Å². The predicted octanol–water partition coefficient (Wildman–Crippen LogP) is 0.308. The van der Waals surface area contributed by atoms with Crippen LogP contribution < -0.4 is 0 Å². The molecule has 5 atom stereocenters. The minimum Gasteiger partial charge on any atom is -0.463 e. The van der Waals surface area contributed by atoms with Gasteiger partial charge in [-0.25, -0.2) is 0 Å². The molecule has 0 N–H and O–H groups in total. The summed E-state index contributed by atoms with van der Waals surface area (Å²) in [5.41, 5.74) is -1.20. The minimum atomic E-state index is -1.22. The van der Waals surface area contributed by atoms with Gasteiger partial charge in [0.1, 0.15) is 12.7 Å². The van der Waals surface area contributed by atoms with E-state index >= 15 is 0 Å². The van der Waals surface area contributed by atoms with Crippen molar-refractivity contribution in [3.63, 3.8) is 0 Å². The fourth-order valence-electron chi connectivity index (χ4n) is 2.18. The lowest BCUT2D eigenvalue weighted by atomic mass is 9.99. The highest BCUT2D eigenvalue weighted by molar-refractivity contribution is 6.20. The summed E-state index contributed by atoms with van der Waals surface area (Å²) in [4.78, 5) is 45.0. The molecule has 1 fully saturated rings. The summed E-state index contributed by atoms with van der Waals surface area (Å²) in [6.07, 6.45) is -4.60. The van der Waals surface area contributed by atoms with Crippen LogP contribution in [0.4, 0.5) is 0 Å². The molecule has 136 valence electrons. The van der Waals surface area contributed by atoms with Gasteiger partial charge < -0.3 is 23.7 Å². The molecule has 1 saturated heterocycles. The lowest BCUT2D eigenvalue weighted by molar-refractivity contribution is -0.238. The van der Waals surface area contributed by atoms with Crippen LogP contribution in [0.3, 0.4) is 0 Å². The van der Waals surface area contributed by atoms with Gasteiger partial charge in [-0.1, -0.05) is 11.6 Å². The second-order valence-corrected chi connectivity index (χ2v) is 5.48. The molecule has 1 rings (SSSR count). The van der Waals surface area contributed by atoms with Crippen molar-refractivity contribution in [2.45, 2.75) is 57.7 Å². The molecule has 1 heterocycles. The molecule has 0 radical (unpaired) electrons. The average molecular weight is 367 g/mol. The SMILES string of the molecule is CC(=O)OCC1O[C@@H](Cl)C(OC(C)=O)[C@@H](OC(C)=O)[C@H]1OC(C)=O. The maximum absolute atomic E-state index is 11.4. The van der Waals surface area contributed by atoms with E-state index in [0.29, 0.717) is 0 Å². The minimum absolute atomic E-state index is 0.291. The number of carbonyl (C=O) groups excluding carboxylic acids is 4. The highest BCUT2D eigenvalue weighted by Gasteiger charge is 2.51. The maximum atomic E-state index is 11.4. The van der Waals surface area contributed by atoms with Gasteiger partial charge in [0.25, 0.3) is 0 Å². The van der Waals surface area contributed by atoms with Crippen LogP contribution >= 0.6 is 11.6 Å². The van der Waals surface area contributed by atoms with E-state index in [2.05, 4.69) is 0 Å². The van der Waals surface area contributed by atoms with E-state index < -0.39 is 53.9 Å². The third kappa shape index (κ3) is 5.97. The molecule has 2 unspecified atom stereocenters. The number of rotatable bonds is 5. The van der Waals surface area contributed by atoms with Crippen LogP contribution in [0.5, 0.6) is 0 Å². The number of carbonyl (C=O) groups is 4. The van der Waals surface area contributed by atoms with Gasteiger partial charge in [-0.2, -0.15) is 0 Å². The second kappa shape index (κ2) is 8.84. The van der Waals surface area contributed by atoms with Crippen LogP contribution in [0.15, 0.2) is 0 Å². The first-order chi connectivity index (χ1) is 11.1. The molecule has 0 aromatic heterocycles. The van der Waals surface area contributed by atoms with E-state index in [1.165, 1.54) is 6.92 Å². The van der Waals surface area contributed by atoms with Crippen molar-refractivity contribution in [1.82, 2.24) is 0 Å². The summed E-state index contributed by atoms with van der Waals surface area (Å²) in [6, 6.07) is 0. The largest absolute Gasteiger partial charge is 0.463 e. The van der Waals surface area contributed by atoms with E-state index in [0.717, 1.165) is 20.8 Å². The molecule has 0 saturated carbocycles. The molecule has 1 aliphatic heterocycles. The quantitative estimate of drug-likeness (QED) is 0.385. The molecular weight excluding hydrogens is 348 g/mol. The Morgan fingerprint density at radius 2 is 1.25 bits per heavy atom.